The molecule has 0 aliphatic heterocycles. The van der Waals surface area contributed by atoms with Gasteiger partial charge in [0.1, 0.15) is 11.9 Å². The minimum Gasteiger partial charge on any atom is -0.480 e. The molecular weight excluding hydrogens is 314 g/mol. The zero-order valence-corrected chi connectivity index (χ0v) is 13.4. The minimum absolute atomic E-state index is 0.0255. The summed E-state index contributed by atoms with van der Waals surface area (Å²) in [5.74, 6) is -0.121. The van der Waals surface area contributed by atoms with Crippen LogP contribution in [0.2, 0.25) is 5.02 Å². The summed E-state index contributed by atoms with van der Waals surface area (Å²) in [5.41, 5.74) is 0. The number of anilines is 1. The maximum Gasteiger partial charge on any atom is 0.326 e. The summed E-state index contributed by atoms with van der Waals surface area (Å²) in [4.78, 5) is 28.7. The van der Waals surface area contributed by atoms with Crippen molar-refractivity contribution >= 4 is 41.1 Å². The second-order valence-electron chi connectivity index (χ2n) is 4.43. The number of likely N-dealkylation sites (N-methyl/N-ethyl adjacent to an activating group) is 1. The Labute approximate surface area is 132 Å². The first-order valence-electron chi connectivity index (χ1n) is 6.28. The SMILES string of the molecule is CSCC[C@H](NC(=O)CN(C)c1ccc(Cl)cn1)C(=O)O. The highest BCUT2D eigenvalue weighted by Crippen LogP contribution is 2.12. The van der Waals surface area contributed by atoms with Crippen molar-refractivity contribution in [2.24, 2.45) is 0 Å². The Balaban J connectivity index is 2.54. The number of aromatic nitrogens is 1. The molecule has 1 heterocycles. The van der Waals surface area contributed by atoms with Crippen LogP contribution in [0.15, 0.2) is 18.3 Å². The van der Waals surface area contributed by atoms with Crippen LogP contribution in [0, 0.1) is 0 Å². The molecule has 116 valence electrons. The van der Waals surface area contributed by atoms with Crippen LogP contribution < -0.4 is 10.2 Å². The molecule has 0 saturated heterocycles. The Bertz CT molecular complexity index is 484. The number of aliphatic carboxylic acids is 1. The van der Waals surface area contributed by atoms with Crippen molar-refractivity contribution < 1.29 is 14.7 Å². The van der Waals surface area contributed by atoms with Crippen molar-refractivity contribution in [3.05, 3.63) is 23.4 Å². The number of halogens is 1. The summed E-state index contributed by atoms with van der Waals surface area (Å²) in [6.45, 7) is 0.0255. The van der Waals surface area contributed by atoms with E-state index in [-0.39, 0.29) is 12.5 Å². The van der Waals surface area contributed by atoms with E-state index in [0.717, 1.165) is 0 Å². The number of carboxylic acids is 1. The third kappa shape index (κ3) is 6.22. The lowest BCUT2D eigenvalue weighted by molar-refractivity contribution is -0.141. The zero-order chi connectivity index (χ0) is 15.8. The highest BCUT2D eigenvalue weighted by atomic mass is 35.5. The number of carbonyl (C=O) groups is 2. The van der Waals surface area contributed by atoms with Gasteiger partial charge in [-0.2, -0.15) is 11.8 Å². The van der Waals surface area contributed by atoms with E-state index in [1.807, 2.05) is 6.26 Å². The number of nitrogens with one attached hydrogen (secondary N) is 1. The number of amides is 1. The monoisotopic (exact) mass is 331 g/mol. The number of rotatable bonds is 8. The number of thioether (sulfide) groups is 1. The van der Waals surface area contributed by atoms with Gasteiger partial charge < -0.3 is 15.3 Å². The number of hydrogen-bond donors (Lipinski definition) is 2. The van der Waals surface area contributed by atoms with Gasteiger partial charge in [0, 0.05) is 13.2 Å². The molecule has 1 rings (SSSR count). The molecule has 0 fully saturated rings. The van der Waals surface area contributed by atoms with Gasteiger partial charge in [0.05, 0.1) is 11.6 Å². The first-order valence-corrected chi connectivity index (χ1v) is 8.05. The number of nitrogens with zero attached hydrogens (tertiary/aromatic N) is 2. The lowest BCUT2D eigenvalue weighted by Gasteiger charge is -2.19. The van der Waals surface area contributed by atoms with Crippen molar-refractivity contribution in [3.63, 3.8) is 0 Å². The lowest BCUT2D eigenvalue weighted by Crippen LogP contribution is -2.45. The normalized spacial score (nSPS) is 11.8. The maximum absolute atomic E-state index is 11.9. The Hall–Kier alpha value is -1.47. The second kappa shape index (κ2) is 8.74. The van der Waals surface area contributed by atoms with E-state index >= 15 is 0 Å². The van der Waals surface area contributed by atoms with Crippen LogP contribution in [0.3, 0.4) is 0 Å². The van der Waals surface area contributed by atoms with Gasteiger partial charge in [0.15, 0.2) is 0 Å². The largest absolute Gasteiger partial charge is 0.480 e. The molecule has 6 nitrogen and oxygen atoms in total. The number of pyridine rings is 1. The first-order chi connectivity index (χ1) is 9.93. The molecule has 0 radical (unpaired) electrons. The highest BCUT2D eigenvalue weighted by molar-refractivity contribution is 7.98. The predicted octanol–water partition coefficient (Wildman–Crippen LogP) is 1.49. The number of carbonyl (C=O) groups excluding carboxylic acids is 1. The van der Waals surface area contributed by atoms with Crippen LogP contribution >= 0.6 is 23.4 Å². The van der Waals surface area contributed by atoms with E-state index in [2.05, 4.69) is 10.3 Å². The topological polar surface area (TPSA) is 82.5 Å². The molecule has 0 unspecified atom stereocenters. The maximum atomic E-state index is 11.9. The van der Waals surface area contributed by atoms with Gasteiger partial charge in [-0.15, -0.1) is 0 Å². The summed E-state index contributed by atoms with van der Waals surface area (Å²) in [6.07, 6.45) is 3.77. The molecule has 1 aromatic heterocycles. The fourth-order valence-corrected chi connectivity index (χ4v) is 2.21. The summed E-state index contributed by atoms with van der Waals surface area (Å²) < 4.78 is 0. The molecule has 1 amide bonds. The van der Waals surface area contributed by atoms with E-state index in [0.29, 0.717) is 23.0 Å². The quantitative estimate of drug-likeness (QED) is 0.751. The fraction of sp³-hybridized carbons (Fsp3) is 0.462. The van der Waals surface area contributed by atoms with Crippen LogP contribution in [0.4, 0.5) is 5.82 Å². The Morgan fingerprint density at radius 2 is 2.24 bits per heavy atom. The molecule has 0 spiro atoms. The molecule has 0 bridgehead atoms. The third-order valence-corrected chi connectivity index (χ3v) is 3.60. The lowest BCUT2D eigenvalue weighted by atomic mass is 10.2. The van der Waals surface area contributed by atoms with Crippen molar-refractivity contribution in [2.45, 2.75) is 12.5 Å². The molecule has 0 aromatic carbocycles. The average molecular weight is 332 g/mol. The van der Waals surface area contributed by atoms with Crippen molar-refractivity contribution in [2.75, 3.05) is 30.5 Å². The molecule has 21 heavy (non-hydrogen) atoms. The zero-order valence-electron chi connectivity index (χ0n) is 11.9. The summed E-state index contributed by atoms with van der Waals surface area (Å²) in [7, 11) is 1.70. The molecule has 0 aliphatic rings. The van der Waals surface area contributed by atoms with E-state index < -0.39 is 12.0 Å². The van der Waals surface area contributed by atoms with Crippen molar-refractivity contribution in [1.82, 2.24) is 10.3 Å². The van der Waals surface area contributed by atoms with Crippen LogP contribution in [-0.2, 0) is 9.59 Å². The van der Waals surface area contributed by atoms with Gasteiger partial charge >= 0.3 is 5.97 Å². The smallest absolute Gasteiger partial charge is 0.326 e. The van der Waals surface area contributed by atoms with Gasteiger partial charge in [0.25, 0.3) is 0 Å². The van der Waals surface area contributed by atoms with Gasteiger partial charge in [-0.25, -0.2) is 9.78 Å². The highest BCUT2D eigenvalue weighted by Gasteiger charge is 2.20. The number of carboxylic acid groups (broad SMARTS) is 1. The van der Waals surface area contributed by atoms with E-state index in [4.69, 9.17) is 16.7 Å². The van der Waals surface area contributed by atoms with Gasteiger partial charge in [0.2, 0.25) is 5.91 Å². The van der Waals surface area contributed by atoms with Gasteiger partial charge in [-0.1, -0.05) is 11.6 Å². The minimum atomic E-state index is -1.02. The standard InChI is InChI=1S/C13H18ClN3O3S/c1-17(11-4-3-9(14)7-15-11)8-12(18)16-10(13(19)20)5-6-21-2/h3-4,7,10H,5-6,8H2,1-2H3,(H,16,18)(H,19,20)/t10-/m0/s1. The summed E-state index contributed by atoms with van der Waals surface area (Å²) in [6, 6.07) is 2.51. The van der Waals surface area contributed by atoms with Crippen molar-refractivity contribution in [1.29, 1.82) is 0 Å². The predicted molar refractivity (Wildman–Crippen MR) is 85.1 cm³/mol. The molecule has 1 aromatic rings. The molecule has 1 atom stereocenters. The van der Waals surface area contributed by atoms with E-state index in [1.165, 1.54) is 18.0 Å². The molecule has 8 heteroatoms. The second-order valence-corrected chi connectivity index (χ2v) is 5.85. The Kier molecular flexibility index (Phi) is 7.31. The van der Waals surface area contributed by atoms with E-state index in [1.54, 1.807) is 24.1 Å². The number of hydrogen-bond acceptors (Lipinski definition) is 5. The van der Waals surface area contributed by atoms with E-state index in [9.17, 15) is 9.59 Å². The van der Waals surface area contributed by atoms with Crippen LogP contribution in [0.1, 0.15) is 6.42 Å². The van der Waals surface area contributed by atoms with Gasteiger partial charge in [-0.3, -0.25) is 4.79 Å². The molecule has 0 saturated carbocycles. The third-order valence-electron chi connectivity index (χ3n) is 2.73. The average Bonchev–Trinajstić information content (AvgIpc) is 2.43. The van der Waals surface area contributed by atoms with Crippen molar-refractivity contribution in [3.8, 4) is 0 Å². The molecule has 0 aliphatic carbocycles. The fourth-order valence-electron chi connectivity index (χ4n) is 1.62. The summed E-state index contributed by atoms with van der Waals surface area (Å²) >= 11 is 7.29. The molecule has 2 N–H and O–H groups in total. The Morgan fingerprint density at radius 1 is 1.52 bits per heavy atom. The van der Waals surface area contributed by atoms with Crippen LogP contribution in [-0.4, -0.2) is 53.6 Å². The van der Waals surface area contributed by atoms with Crippen LogP contribution in [0.25, 0.3) is 0 Å². The first kappa shape index (κ1) is 17.6. The summed E-state index contributed by atoms with van der Waals surface area (Å²) in [5, 5.41) is 12.1. The Morgan fingerprint density at radius 3 is 2.76 bits per heavy atom. The van der Waals surface area contributed by atoms with Gasteiger partial charge in [-0.05, 0) is 30.6 Å². The molecular formula is C13H18ClN3O3S. The van der Waals surface area contributed by atoms with Crippen LogP contribution in [0.5, 0.6) is 0 Å².